The highest BCUT2D eigenvalue weighted by Crippen LogP contribution is 2.19. The molecule has 2 aliphatic heterocycles. The van der Waals surface area contributed by atoms with Crippen molar-refractivity contribution in [1.29, 1.82) is 0 Å². The van der Waals surface area contributed by atoms with E-state index in [-0.39, 0.29) is 24.8 Å². The molecule has 168 valence electrons. The van der Waals surface area contributed by atoms with Crippen LogP contribution in [-0.4, -0.2) is 72.9 Å². The first-order chi connectivity index (χ1) is 15.6. The third kappa shape index (κ3) is 5.36. The number of nitrogens with zero attached hydrogens (tertiary/aromatic N) is 2. The summed E-state index contributed by atoms with van der Waals surface area (Å²) in [5.41, 5.74) is 1.72. The molecular weight excluding hydrogens is 406 g/mol. The number of hydrogen-bond acceptors (Lipinski definition) is 5. The highest BCUT2D eigenvalue weighted by molar-refractivity contribution is 5.94. The molecule has 7 heteroatoms. The Bertz CT molecular complexity index is 927. The van der Waals surface area contributed by atoms with Gasteiger partial charge in [-0.3, -0.25) is 9.59 Å². The van der Waals surface area contributed by atoms with Gasteiger partial charge < -0.3 is 25.0 Å². The molecule has 3 atom stereocenters. The molecule has 0 aliphatic carbocycles. The molecule has 0 radical (unpaired) electrons. The van der Waals surface area contributed by atoms with Crippen LogP contribution in [0.25, 0.3) is 0 Å². The van der Waals surface area contributed by atoms with Crippen LogP contribution in [0, 0.1) is 0 Å². The largest absolute Gasteiger partial charge is 0.394 e. The average Bonchev–Trinajstić information content (AvgIpc) is 2.86. The standard InChI is InChI=1S/C25H29N3O4/c29-18-23-22(26-25(31)19-7-3-1-4-8-19)12-11-21(32-23)17-24(30)28-15-13-27(14-16-28)20-9-5-2-6-10-20/h1-12,21-23,29H,13-18H2,(H,26,31)/t21-,22-,23+/m1/s1. The van der Waals surface area contributed by atoms with Gasteiger partial charge in [-0.25, -0.2) is 0 Å². The summed E-state index contributed by atoms with van der Waals surface area (Å²) in [4.78, 5) is 29.4. The van der Waals surface area contributed by atoms with E-state index >= 15 is 0 Å². The van der Waals surface area contributed by atoms with Crippen LogP contribution in [0.5, 0.6) is 0 Å². The highest BCUT2D eigenvalue weighted by atomic mass is 16.5. The Labute approximate surface area is 188 Å². The molecule has 2 N–H and O–H groups in total. The van der Waals surface area contributed by atoms with Gasteiger partial charge in [-0.15, -0.1) is 0 Å². The SMILES string of the molecule is O=C(N[C@@H]1C=C[C@H](CC(=O)N2CCN(c3ccccc3)CC2)O[C@H]1CO)c1ccccc1. The Morgan fingerprint density at radius 2 is 1.59 bits per heavy atom. The molecule has 0 bridgehead atoms. The number of para-hydroxylation sites is 1. The van der Waals surface area contributed by atoms with E-state index in [4.69, 9.17) is 4.74 Å². The van der Waals surface area contributed by atoms with E-state index in [2.05, 4.69) is 22.3 Å². The second-order valence-corrected chi connectivity index (χ2v) is 8.05. The minimum absolute atomic E-state index is 0.0378. The zero-order valence-corrected chi connectivity index (χ0v) is 18.0. The highest BCUT2D eigenvalue weighted by Gasteiger charge is 2.31. The third-order valence-electron chi connectivity index (χ3n) is 5.93. The first kappa shape index (κ1) is 22.0. The number of anilines is 1. The minimum Gasteiger partial charge on any atom is -0.394 e. The summed E-state index contributed by atoms with van der Waals surface area (Å²) in [6, 6.07) is 18.7. The zero-order chi connectivity index (χ0) is 22.3. The molecule has 32 heavy (non-hydrogen) atoms. The second-order valence-electron chi connectivity index (χ2n) is 8.05. The fraction of sp³-hybridized carbons (Fsp3) is 0.360. The van der Waals surface area contributed by atoms with E-state index in [9.17, 15) is 14.7 Å². The fourth-order valence-corrected chi connectivity index (χ4v) is 4.11. The van der Waals surface area contributed by atoms with Gasteiger partial charge in [0.2, 0.25) is 5.91 Å². The normalized spacial score (nSPS) is 23.1. The summed E-state index contributed by atoms with van der Waals surface area (Å²) in [7, 11) is 0. The molecule has 0 spiro atoms. The number of rotatable bonds is 6. The number of ether oxygens (including phenoxy) is 1. The van der Waals surface area contributed by atoms with Gasteiger partial charge in [-0.05, 0) is 24.3 Å². The second kappa shape index (κ2) is 10.4. The topological polar surface area (TPSA) is 82.1 Å². The van der Waals surface area contributed by atoms with E-state index in [1.165, 1.54) is 5.69 Å². The van der Waals surface area contributed by atoms with Crippen molar-refractivity contribution >= 4 is 17.5 Å². The Balaban J connectivity index is 1.29. The van der Waals surface area contributed by atoms with Crippen molar-refractivity contribution in [3.63, 3.8) is 0 Å². The Morgan fingerprint density at radius 1 is 0.938 bits per heavy atom. The Morgan fingerprint density at radius 3 is 2.25 bits per heavy atom. The molecular formula is C25H29N3O4. The summed E-state index contributed by atoms with van der Waals surface area (Å²) in [6.45, 7) is 2.69. The summed E-state index contributed by atoms with van der Waals surface area (Å²) in [5, 5.41) is 12.7. The molecule has 2 heterocycles. The van der Waals surface area contributed by atoms with Gasteiger partial charge in [0.25, 0.3) is 5.91 Å². The van der Waals surface area contributed by atoms with Gasteiger partial charge in [-0.1, -0.05) is 48.6 Å². The number of aliphatic hydroxyl groups is 1. The third-order valence-corrected chi connectivity index (χ3v) is 5.93. The number of hydrogen-bond donors (Lipinski definition) is 2. The van der Waals surface area contributed by atoms with Crippen molar-refractivity contribution < 1.29 is 19.4 Å². The van der Waals surface area contributed by atoms with E-state index in [0.29, 0.717) is 18.7 Å². The van der Waals surface area contributed by atoms with E-state index in [1.54, 1.807) is 30.3 Å². The molecule has 0 saturated carbocycles. The Kier molecular flexibility index (Phi) is 7.19. The lowest BCUT2D eigenvalue weighted by Gasteiger charge is -2.37. The molecule has 2 aromatic carbocycles. The molecule has 1 saturated heterocycles. The maximum absolute atomic E-state index is 12.8. The molecule has 7 nitrogen and oxygen atoms in total. The quantitative estimate of drug-likeness (QED) is 0.677. The lowest BCUT2D eigenvalue weighted by Crippen LogP contribution is -2.51. The van der Waals surface area contributed by atoms with Gasteiger partial charge in [0.05, 0.1) is 25.2 Å². The van der Waals surface area contributed by atoms with Crippen LogP contribution in [0.2, 0.25) is 0 Å². The first-order valence-electron chi connectivity index (χ1n) is 11.0. The predicted molar refractivity (Wildman–Crippen MR) is 122 cm³/mol. The first-order valence-corrected chi connectivity index (χ1v) is 11.0. The maximum atomic E-state index is 12.8. The average molecular weight is 436 g/mol. The van der Waals surface area contributed by atoms with Crippen LogP contribution in [0.15, 0.2) is 72.8 Å². The zero-order valence-electron chi connectivity index (χ0n) is 18.0. The number of benzene rings is 2. The van der Waals surface area contributed by atoms with Crippen LogP contribution in [-0.2, 0) is 9.53 Å². The van der Waals surface area contributed by atoms with Crippen LogP contribution in [0.3, 0.4) is 0 Å². The summed E-state index contributed by atoms with van der Waals surface area (Å²) in [5.74, 6) is -0.191. The monoisotopic (exact) mass is 435 g/mol. The minimum atomic E-state index is -0.597. The Hall–Kier alpha value is -3.16. The molecule has 0 unspecified atom stereocenters. The fourth-order valence-electron chi connectivity index (χ4n) is 4.11. The van der Waals surface area contributed by atoms with E-state index in [1.807, 2.05) is 35.2 Å². The lowest BCUT2D eigenvalue weighted by molar-refractivity contribution is -0.135. The molecule has 0 aromatic heterocycles. The number of carbonyl (C=O) groups is 2. The number of aliphatic hydroxyl groups excluding tert-OH is 1. The molecule has 2 aromatic rings. The molecule has 1 fully saturated rings. The van der Waals surface area contributed by atoms with Crippen molar-refractivity contribution in [2.24, 2.45) is 0 Å². The van der Waals surface area contributed by atoms with Crippen molar-refractivity contribution in [2.45, 2.75) is 24.7 Å². The van der Waals surface area contributed by atoms with Crippen LogP contribution >= 0.6 is 0 Å². The van der Waals surface area contributed by atoms with Crippen molar-refractivity contribution in [3.8, 4) is 0 Å². The van der Waals surface area contributed by atoms with Gasteiger partial charge in [0, 0.05) is 37.4 Å². The van der Waals surface area contributed by atoms with Gasteiger partial charge in [0.15, 0.2) is 0 Å². The van der Waals surface area contributed by atoms with Crippen LogP contribution in [0.4, 0.5) is 5.69 Å². The van der Waals surface area contributed by atoms with Crippen molar-refractivity contribution in [1.82, 2.24) is 10.2 Å². The molecule has 2 amide bonds. The van der Waals surface area contributed by atoms with E-state index < -0.39 is 18.2 Å². The number of carbonyl (C=O) groups excluding carboxylic acids is 2. The summed E-state index contributed by atoms with van der Waals surface area (Å²) >= 11 is 0. The number of piperazine rings is 1. The molecule has 4 rings (SSSR count). The smallest absolute Gasteiger partial charge is 0.251 e. The molecule has 2 aliphatic rings. The van der Waals surface area contributed by atoms with Crippen molar-refractivity contribution in [2.75, 3.05) is 37.7 Å². The summed E-state index contributed by atoms with van der Waals surface area (Å²) in [6.07, 6.45) is 2.83. The van der Waals surface area contributed by atoms with Crippen LogP contribution in [0.1, 0.15) is 16.8 Å². The lowest BCUT2D eigenvalue weighted by atomic mass is 10.0. The van der Waals surface area contributed by atoms with Gasteiger partial charge in [-0.2, -0.15) is 0 Å². The predicted octanol–water partition coefficient (Wildman–Crippen LogP) is 1.84. The van der Waals surface area contributed by atoms with E-state index in [0.717, 1.165) is 13.1 Å². The number of amides is 2. The van der Waals surface area contributed by atoms with Crippen molar-refractivity contribution in [3.05, 3.63) is 78.4 Å². The maximum Gasteiger partial charge on any atom is 0.251 e. The summed E-state index contributed by atoms with van der Waals surface area (Å²) < 4.78 is 5.93. The van der Waals surface area contributed by atoms with Gasteiger partial charge >= 0.3 is 0 Å². The number of nitrogens with one attached hydrogen (secondary N) is 1. The van der Waals surface area contributed by atoms with Crippen LogP contribution < -0.4 is 10.2 Å². The van der Waals surface area contributed by atoms with Gasteiger partial charge in [0.1, 0.15) is 6.10 Å².